The molecule has 1 atom stereocenters. The molecule has 0 fully saturated rings. The van der Waals surface area contributed by atoms with Gasteiger partial charge in [0.15, 0.2) is 0 Å². The van der Waals surface area contributed by atoms with Crippen LogP contribution >= 0.6 is 11.6 Å². The minimum Gasteiger partial charge on any atom is -0.387 e. The molecule has 1 aromatic carbocycles. The van der Waals surface area contributed by atoms with Crippen LogP contribution in [0.15, 0.2) is 36.5 Å². The molecule has 20 heavy (non-hydrogen) atoms. The second-order valence-electron chi connectivity index (χ2n) is 4.21. The normalized spacial score (nSPS) is 11.9. The summed E-state index contributed by atoms with van der Waals surface area (Å²) < 4.78 is 0. The monoisotopic (exact) mass is 294 g/mol. The van der Waals surface area contributed by atoms with E-state index in [0.717, 1.165) is 5.69 Å². The average Bonchev–Trinajstić information content (AvgIpc) is 2.96. The Morgan fingerprint density at radius 1 is 1.30 bits per heavy atom. The number of urea groups is 1. The van der Waals surface area contributed by atoms with E-state index in [1.807, 2.05) is 0 Å². The second kappa shape index (κ2) is 6.93. The summed E-state index contributed by atoms with van der Waals surface area (Å²) in [4.78, 5) is 11.5. The van der Waals surface area contributed by atoms with Crippen molar-refractivity contribution in [3.8, 4) is 0 Å². The van der Waals surface area contributed by atoms with Crippen LogP contribution in [0.25, 0.3) is 0 Å². The van der Waals surface area contributed by atoms with Crippen LogP contribution in [0.1, 0.15) is 17.4 Å². The predicted molar refractivity (Wildman–Crippen MR) is 75.2 cm³/mol. The van der Waals surface area contributed by atoms with Gasteiger partial charge in [0.1, 0.15) is 0 Å². The van der Waals surface area contributed by atoms with Crippen LogP contribution in [0.3, 0.4) is 0 Å². The summed E-state index contributed by atoms with van der Waals surface area (Å²) in [6.45, 7) is 0.472. The van der Waals surface area contributed by atoms with Crippen LogP contribution < -0.4 is 10.6 Å². The molecule has 0 aliphatic carbocycles. The lowest BCUT2D eigenvalue weighted by Crippen LogP contribution is -2.37. The molecule has 1 unspecified atom stereocenters. The lowest BCUT2D eigenvalue weighted by atomic mass is 10.1. The van der Waals surface area contributed by atoms with Crippen molar-refractivity contribution in [1.29, 1.82) is 0 Å². The van der Waals surface area contributed by atoms with Gasteiger partial charge in [0, 0.05) is 17.8 Å². The molecule has 0 spiro atoms. The maximum atomic E-state index is 11.5. The number of halogens is 1. The summed E-state index contributed by atoms with van der Waals surface area (Å²) in [6, 6.07) is 8.24. The fraction of sp³-hybridized carbons (Fsp3) is 0.231. The molecule has 7 heteroatoms. The molecule has 0 saturated carbocycles. The van der Waals surface area contributed by atoms with Crippen LogP contribution in [0, 0.1) is 0 Å². The second-order valence-corrected chi connectivity index (χ2v) is 4.65. The van der Waals surface area contributed by atoms with Gasteiger partial charge in [0.05, 0.1) is 18.3 Å². The Kier molecular flexibility index (Phi) is 4.97. The van der Waals surface area contributed by atoms with E-state index in [-0.39, 0.29) is 12.6 Å². The summed E-state index contributed by atoms with van der Waals surface area (Å²) in [5.41, 5.74) is 1.50. The highest BCUT2D eigenvalue weighted by molar-refractivity contribution is 6.30. The number of aromatic nitrogens is 2. The first-order chi connectivity index (χ1) is 9.65. The van der Waals surface area contributed by atoms with Crippen molar-refractivity contribution in [3.63, 3.8) is 0 Å². The largest absolute Gasteiger partial charge is 0.387 e. The number of aromatic amines is 1. The van der Waals surface area contributed by atoms with Crippen molar-refractivity contribution < 1.29 is 9.90 Å². The van der Waals surface area contributed by atoms with Gasteiger partial charge in [0.2, 0.25) is 0 Å². The molecule has 2 rings (SSSR count). The molecule has 1 aromatic heterocycles. The number of benzene rings is 1. The molecule has 0 bridgehead atoms. The first-order valence-electron chi connectivity index (χ1n) is 6.08. The zero-order valence-corrected chi connectivity index (χ0v) is 11.4. The quantitative estimate of drug-likeness (QED) is 0.675. The van der Waals surface area contributed by atoms with Crippen molar-refractivity contribution in [2.45, 2.75) is 12.6 Å². The Hall–Kier alpha value is -2.05. The van der Waals surface area contributed by atoms with Gasteiger partial charge >= 0.3 is 6.03 Å². The van der Waals surface area contributed by atoms with Crippen molar-refractivity contribution in [3.05, 3.63) is 52.8 Å². The number of nitrogens with zero attached hydrogens (tertiary/aromatic N) is 1. The van der Waals surface area contributed by atoms with Crippen molar-refractivity contribution in [2.75, 3.05) is 6.54 Å². The minimum atomic E-state index is -0.773. The number of hydrogen-bond donors (Lipinski definition) is 4. The van der Waals surface area contributed by atoms with Crippen molar-refractivity contribution in [1.82, 2.24) is 20.8 Å². The summed E-state index contributed by atoms with van der Waals surface area (Å²) in [7, 11) is 0. The van der Waals surface area contributed by atoms with E-state index >= 15 is 0 Å². The molecule has 106 valence electrons. The molecule has 6 nitrogen and oxygen atoms in total. The molecular formula is C13H15ClN4O2. The maximum absolute atomic E-state index is 11.5. The number of amides is 2. The number of H-pyrrole nitrogens is 1. The van der Waals surface area contributed by atoms with E-state index in [0.29, 0.717) is 17.1 Å². The molecule has 0 radical (unpaired) electrons. The third-order valence-electron chi connectivity index (χ3n) is 2.71. The van der Waals surface area contributed by atoms with Gasteiger partial charge in [0.25, 0.3) is 0 Å². The minimum absolute atomic E-state index is 0.121. The van der Waals surface area contributed by atoms with Crippen molar-refractivity contribution >= 4 is 17.6 Å². The topological polar surface area (TPSA) is 90.0 Å². The standard InChI is InChI=1S/C13H15ClN4O2/c14-10-3-1-9(2-4-10)12(19)8-16-13(20)15-7-11-5-6-17-18-11/h1-6,12,19H,7-8H2,(H,17,18)(H2,15,16,20). The lowest BCUT2D eigenvalue weighted by molar-refractivity contribution is 0.173. The Balaban J connectivity index is 1.73. The average molecular weight is 295 g/mol. The first-order valence-corrected chi connectivity index (χ1v) is 6.46. The SMILES string of the molecule is O=C(NCc1ccn[nH]1)NCC(O)c1ccc(Cl)cc1. The molecule has 0 aliphatic rings. The van der Waals surface area contributed by atoms with Crippen LogP contribution in [-0.4, -0.2) is 27.9 Å². The molecule has 4 N–H and O–H groups in total. The molecule has 0 aliphatic heterocycles. The summed E-state index contributed by atoms with van der Waals surface area (Å²) in [5, 5.41) is 22.3. The third-order valence-corrected chi connectivity index (χ3v) is 2.96. The number of nitrogens with one attached hydrogen (secondary N) is 3. The zero-order valence-electron chi connectivity index (χ0n) is 10.6. The summed E-state index contributed by atoms with van der Waals surface area (Å²) in [5.74, 6) is 0. The Morgan fingerprint density at radius 2 is 2.05 bits per heavy atom. The fourth-order valence-corrected chi connectivity index (χ4v) is 1.74. The number of carbonyl (C=O) groups is 1. The van der Waals surface area contributed by atoms with E-state index in [4.69, 9.17) is 11.6 Å². The van der Waals surface area contributed by atoms with E-state index < -0.39 is 6.10 Å². The van der Waals surface area contributed by atoms with E-state index in [1.165, 1.54) is 0 Å². The van der Waals surface area contributed by atoms with Crippen LogP contribution in [0.2, 0.25) is 5.02 Å². The Labute approximate surface area is 121 Å². The van der Waals surface area contributed by atoms with E-state index in [9.17, 15) is 9.90 Å². The van der Waals surface area contributed by atoms with Gasteiger partial charge in [-0.25, -0.2) is 4.79 Å². The van der Waals surface area contributed by atoms with Gasteiger partial charge in [-0.3, -0.25) is 5.10 Å². The molecule has 2 amide bonds. The molecular weight excluding hydrogens is 280 g/mol. The van der Waals surface area contributed by atoms with Gasteiger partial charge in [-0.1, -0.05) is 23.7 Å². The molecule has 1 heterocycles. The van der Waals surface area contributed by atoms with Gasteiger partial charge in [-0.2, -0.15) is 5.10 Å². The highest BCUT2D eigenvalue weighted by Gasteiger charge is 2.09. The van der Waals surface area contributed by atoms with E-state index in [1.54, 1.807) is 36.5 Å². The maximum Gasteiger partial charge on any atom is 0.315 e. The highest BCUT2D eigenvalue weighted by Crippen LogP contribution is 2.15. The third kappa shape index (κ3) is 4.25. The van der Waals surface area contributed by atoms with E-state index in [2.05, 4.69) is 20.8 Å². The highest BCUT2D eigenvalue weighted by atomic mass is 35.5. The molecule has 2 aromatic rings. The Bertz CT molecular complexity index is 542. The van der Waals surface area contributed by atoms with Crippen LogP contribution in [0.5, 0.6) is 0 Å². The van der Waals surface area contributed by atoms with Gasteiger partial charge in [-0.15, -0.1) is 0 Å². The summed E-state index contributed by atoms with van der Waals surface area (Å²) in [6.07, 6.45) is 0.837. The van der Waals surface area contributed by atoms with Gasteiger partial charge < -0.3 is 15.7 Å². The number of rotatable bonds is 5. The van der Waals surface area contributed by atoms with Crippen LogP contribution in [0.4, 0.5) is 4.79 Å². The fourth-order valence-electron chi connectivity index (χ4n) is 1.61. The Morgan fingerprint density at radius 3 is 2.70 bits per heavy atom. The number of hydrogen-bond acceptors (Lipinski definition) is 3. The molecule has 0 saturated heterocycles. The number of carbonyl (C=O) groups excluding carboxylic acids is 1. The summed E-state index contributed by atoms with van der Waals surface area (Å²) >= 11 is 5.76. The van der Waals surface area contributed by atoms with Gasteiger partial charge in [-0.05, 0) is 23.8 Å². The smallest absolute Gasteiger partial charge is 0.315 e. The van der Waals surface area contributed by atoms with Crippen LogP contribution in [-0.2, 0) is 6.54 Å². The number of aliphatic hydroxyl groups excluding tert-OH is 1. The first kappa shape index (κ1) is 14.4. The number of aliphatic hydroxyl groups is 1. The zero-order chi connectivity index (χ0) is 14.4. The lowest BCUT2D eigenvalue weighted by Gasteiger charge is -2.12. The predicted octanol–water partition coefficient (Wildman–Crippen LogP) is 1.60. The van der Waals surface area contributed by atoms with Crippen molar-refractivity contribution in [2.24, 2.45) is 0 Å².